The molecule has 0 saturated heterocycles. The predicted octanol–water partition coefficient (Wildman–Crippen LogP) is 5.55. The normalized spacial score (nSPS) is 14.4. The van der Waals surface area contributed by atoms with Crippen molar-refractivity contribution in [1.82, 2.24) is 9.47 Å². The molecule has 0 spiro atoms. The fourth-order valence-corrected chi connectivity index (χ4v) is 4.44. The third-order valence-electron chi connectivity index (χ3n) is 6.19. The van der Waals surface area contributed by atoms with E-state index in [9.17, 15) is 9.18 Å². The van der Waals surface area contributed by atoms with E-state index in [1.807, 2.05) is 47.5 Å². The zero-order chi connectivity index (χ0) is 22.2. The molecule has 0 aliphatic heterocycles. The van der Waals surface area contributed by atoms with E-state index in [1.54, 1.807) is 12.1 Å². The molecule has 1 saturated carbocycles. The van der Waals surface area contributed by atoms with E-state index in [0.29, 0.717) is 19.7 Å². The Bertz CT molecular complexity index is 978. The van der Waals surface area contributed by atoms with Gasteiger partial charge in [-0.15, -0.1) is 0 Å². The maximum Gasteiger partial charge on any atom is 0.249 e. The van der Waals surface area contributed by atoms with Crippen molar-refractivity contribution in [3.8, 4) is 0 Å². The van der Waals surface area contributed by atoms with Crippen LogP contribution >= 0.6 is 0 Å². The van der Waals surface area contributed by atoms with E-state index in [1.165, 1.54) is 18.6 Å². The molecule has 1 amide bonds. The lowest BCUT2D eigenvalue weighted by atomic mass is 9.94. The number of halogens is 1. The second-order valence-electron chi connectivity index (χ2n) is 8.55. The smallest absolute Gasteiger partial charge is 0.249 e. The van der Waals surface area contributed by atoms with Crippen molar-refractivity contribution in [3.05, 3.63) is 95.6 Å². The van der Waals surface area contributed by atoms with Gasteiger partial charge in [-0.2, -0.15) is 0 Å². The van der Waals surface area contributed by atoms with E-state index in [-0.39, 0.29) is 24.4 Å². The summed E-state index contributed by atoms with van der Waals surface area (Å²) in [6.45, 7) is 1.74. The van der Waals surface area contributed by atoms with Crippen molar-refractivity contribution in [2.75, 3.05) is 6.61 Å². The van der Waals surface area contributed by atoms with Gasteiger partial charge in [0.05, 0.1) is 13.2 Å². The SMILES string of the molecule is O=C(COCc1ccccc1)N(Cc1cccn1Cc1ccc(F)cc1)C1CCCCC1. The van der Waals surface area contributed by atoms with E-state index < -0.39 is 0 Å². The van der Waals surface area contributed by atoms with Crippen LogP contribution in [0.5, 0.6) is 0 Å². The van der Waals surface area contributed by atoms with Crippen molar-refractivity contribution in [2.24, 2.45) is 0 Å². The quantitative estimate of drug-likeness (QED) is 0.442. The topological polar surface area (TPSA) is 34.5 Å². The van der Waals surface area contributed by atoms with E-state index in [2.05, 4.69) is 10.6 Å². The fourth-order valence-electron chi connectivity index (χ4n) is 4.44. The molecular weight excluding hydrogens is 403 g/mol. The standard InChI is InChI=1S/C27H31FN2O2/c28-24-15-13-22(14-16-24)18-29-17-7-12-26(29)19-30(25-10-5-2-6-11-25)27(31)21-32-20-23-8-3-1-4-9-23/h1,3-4,7-9,12-17,25H,2,5-6,10-11,18-21H2. The largest absolute Gasteiger partial charge is 0.367 e. The monoisotopic (exact) mass is 434 g/mol. The molecule has 1 aliphatic rings. The van der Waals surface area contributed by atoms with Crippen LogP contribution in [0.4, 0.5) is 4.39 Å². The first-order chi connectivity index (χ1) is 15.7. The van der Waals surface area contributed by atoms with Crippen LogP contribution in [-0.4, -0.2) is 28.0 Å². The van der Waals surface area contributed by atoms with Gasteiger partial charge in [-0.1, -0.05) is 61.7 Å². The first-order valence-electron chi connectivity index (χ1n) is 11.5. The number of ether oxygens (including phenoxy) is 1. The van der Waals surface area contributed by atoms with Crippen LogP contribution in [0.3, 0.4) is 0 Å². The van der Waals surface area contributed by atoms with Gasteiger partial charge in [0.25, 0.3) is 0 Å². The Morgan fingerprint density at radius 1 is 0.938 bits per heavy atom. The molecule has 32 heavy (non-hydrogen) atoms. The van der Waals surface area contributed by atoms with Gasteiger partial charge in [0.15, 0.2) is 0 Å². The van der Waals surface area contributed by atoms with Crippen LogP contribution in [0.1, 0.15) is 48.9 Å². The molecule has 0 unspecified atom stereocenters. The molecule has 4 rings (SSSR count). The Hall–Kier alpha value is -2.92. The van der Waals surface area contributed by atoms with E-state index in [4.69, 9.17) is 4.74 Å². The van der Waals surface area contributed by atoms with Crippen LogP contribution in [0, 0.1) is 5.82 Å². The number of amides is 1. The van der Waals surface area contributed by atoms with Crippen molar-refractivity contribution < 1.29 is 13.9 Å². The Balaban J connectivity index is 1.43. The molecule has 0 N–H and O–H groups in total. The molecule has 5 heteroatoms. The predicted molar refractivity (Wildman–Crippen MR) is 123 cm³/mol. The zero-order valence-corrected chi connectivity index (χ0v) is 18.5. The Labute approximate surface area is 189 Å². The highest BCUT2D eigenvalue weighted by atomic mass is 19.1. The molecule has 1 heterocycles. The second kappa shape index (κ2) is 11.1. The molecule has 0 atom stereocenters. The minimum Gasteiger partial charge on any atom is -0.367 e. The van der Waals surface area contributed by atoms with Crippen LogP contribution in [0.15, 0.2) is 72.9 Å². The highest BCUT2D eigenvalue weighted by Gasteiger charge is 2.26. The Kier molecular flexibility index (Phi) is 7.73. The van der Waals surface area contributed by atoms with Crippen molar-refractivity contribution >= 4 is 5.91 Å². The highest BCUT2D eigenvalue weighted by molar-refractivity contribution is 5.77. The van der Waals surface area contributed by atoms with Crippen molar-refractivity contribution in [2.45, 2.75) is 57.8 Å². The van der Waals surface area contributed by atoms with Crippen LogP contribution in [-0.2, 0) is 29.2 Å². The number of aromatic nitrogens is 1. The van der Waals surface area contributed by atoms with Gasteiger partial charge in [0, 0.05) is 24.5 Å². The molecule has 1 fully saturated rings. The fraction of sp³-hybridized carbons (Fsp3) is 0.370. The average Bonchev–Trinajstić information content (AvgIpc) is 3.26. The number of hydrogen-bond donors (Lipinski definition) is 0. The van der Waals surface area contributed by atoms with Crippen LogP contribution in [0.25, 0.3) is 0 Å². The molecule has 1 aliphatic carbocycles. The molecule has 0 bridgehead atoms. The molecule has 0 radical (unpaired) electrons. The number of carbonyl (C=O) groups excluding carboxylic acids is 1. The van der Waals surface area contributed by atoms with Gasteiger partial charge in [-0.3, -0.25) is 4.79 Å². The zero-order valence-electron chi connectivity index (χ0n) is 18.5. The lowest BCUT2D eigenvalue weighted by Gasteiger charge is -2.34. The molecule has 3 aromatic rings. The summed E-state index contributed by atoms with van der Waals surface area (Å²) in [5.74, 6) is -0.187. The van der Waals surface area contributed by atoms with E-state index in [0.717, 1.165) is 42.5 Å². The van der Waals surface area contributed by atoms with Gasteiger partial charge in [-0.25, -0.2) is 4.39 Å². The molecule has 2 aromatic carbocycles. The average molecular weight is 435 g/mol. The van der Waals surface area contributed by atoms with Gasteiger partial charge < -0.3 is 14.2 Å². The Morgan fingerprint density at radius 2 is 1.69 bits per heavy atom. The summed E-state index contributed by atoms with van der Waals surface area (Å²) in [6, 6.07) is 20.9. The van der Waals surface area contributed by atoms with Crippen molar-refractivity contribution in [3.63, 3.8) is 0 Å². The highest BCUT2D eigenvalue weighted by Crippen LogP contribution is 2.25. The Morgan fingerprint density at radius 3 is 2.44 bits per heavy atom. The molecule has 168 valence electrons. The van der Waals surface area contributed by atoms with Crippen LogP contribution < -0.4 is 0 Å². The minimum absolute atomic E-state index is 0.0439. The number of nitrogens with zero attached hydrogens (tertiary/aromatic N) is 2. The first kappa shape index (κ1) is 22.3. The summed E-state index contributed by atoms with van der Waals surface area (Å²) in [5, 5.41) is 0. The number of benzene rings is 2. The maximum absolute atomic E-state index is 13.3. The minimum atomic E-state index is -0.231. The van der Waals surface area contributed by atoms with Gasteiger partial charge in [0.1, 0.15) is 12.4 Å². The van der Waals surface area contributed by atoms with Gasteiger partial charge in [0.2, 0.25) is 5.91 Å². The lowest BCUT2D eigenvalue weighted by molar-refractivity contribution is -0.140. The lowest BCUT2D eigenvalue weighted by Crippen LogP contribution is -2.43. The maximum atomic E-state index is 13.3. The van der Waals surface area contributed by atoms with E-state index >= 15 is 0 Å². The summed E-state index contributed by atoms with van der Waals surface area (Å²) in [4.78, 5) is 15.2. The molecule has 1 aromatic heterocycles. The van der Waals surface area contributed by atoms with Crippen LogP contribution in [0.2, 0.25) is 0 Å². The summed E-state index contributed by atoms with van der Waals surface area (Å²) < 4.78 is 21.2. The third-order valence-corrected chi connectivity index (χ3v) is 6.19. The van der Waals surface area contributed by atoms with Gasteiger partial charge >= 0.3 is 0 Å². The first-order valence-corrected chi connectivity index (χ1v) is 11.5. The third kappa shape index (κ3) is 6.07. The summed E-state index contributed by atoms with van der Waals surface area (Å²) in [6.07, 6.45) is 7.68. The second-order valence-corrected chi connectivity index (χ2v) is 8.55. The summed E-state index contributed by atoms with van der Waals surface area (Å²) >= 11 is 0. The molecule has 4 nitrogen and oxygen atoms in total. The summed E-state index contributed by atoms with van der Waals surface area (Å²) in [5.41, 5.74) is 3.18. The molecular formula is C27H31FN2O2. The van der Waals surface area contributed by atoms with Crippen molar-refractivity contribution in [1.29, 1.82) is 0 Å². The number of rotatable bonds is 9. The number of carbonyl (C=O) groups is 1. The summed E-state index contributed by atoms with van der Waals surface area (Å²) in [7, 11) is 0. The number of hydrogen-bond acceptors (Lipinski definition) is 2. The van der Waals surface area contributed by atoms with Gasteiger partial charge in [-0.05, 0) is 48.2 Å².